The first-order chi connectivity index (χ1) is 13.5. The standard InChI is InChI=1S/C19H26N6O2S/c1-14(2)25-10-15(7-22-25)9-24-5-3-4-19(12-24)6-17(23-27-19)18(26)20-8-16-11-28-13-21-16/h7,10-11,13-14H,3-6,8-9,12H2,1-2H3,(H,20,26). The number of hydrogen-bond donors (Lipinski definition) is 1. The smallest absolute Gasteiger partial charge is 0.269 e. The van der Waals surface area contributed by atoms with Crippen LogP contribution in [0, 0.1) is 0 Å². The van der Waals surface area contributed by atoms with Crippen LogP contribution >= 0.6 is 11.3 Å². The van der Waals surface area contributed by atoms with Crippen molar-refractivity contribution in [2.24, 2.45) is 5.16 Å². The lowest BCUT2D eigenvalue weighted by atomic mass is 9.88. The maximum atomic E-state index is 12.4. The second-order valence-electron chi connectivity index (χ2n) is 7.89. The van der Waals surface area contributed by atoms with E-state index in [4.69, 9.17) is 4.84 Å². The predicted octanol–water partition coefficient (Wildman–Crippen LogP) is 2.35. The van der Waals surface area contributed by atoms with Crippen LogP contribution in [0.25, 0.3) is 0 Å². The number of carbonyl (C=O) groups is 1. The van der Waals surface area contributed by atoms with Gasteiger partial charge in [-0.25, -0.2) is 4.98 Å². The molecule has 28 heavy (non-hydrogen) atoms. The fraction of sp³-hybridized carbons (Fsp3) is 0.579. The van der Waals surface area contributed by atoms with Crippen molar-refractivity contribution < 1.29 is 9.63 Å². The highest BCUT2D eigenvalue weighted by Crippen LogP contribution is 2.34. The molecule has 1 atom stereocenters. The molecule has 4 heterocycles. The van der Waals surface area contributed by atoms with E-state index in [1.807, 2.05) is 16.3 Å². The molecule has 0 saturated carbocycles. The summed E-state index contributed by atoms with van der Waals surface area (Å²) in [5, 5.41) is 13.4. The van der Waals surface area contributed by atoms with E-state index in [-0.39, 0.29) is 11.5 Å². The van der Waals surface area contributed by atoms with E-state index in [0.29, 0.717) is 24.7 Å². The summed E-state index contributed by atoms with van der Waals surface area (Å²) in [5.41, 5.74) is 3.90. The monoisotopic (exact) mass is 402 g/mol. The summed E-state index contributed by atoms with van der Waals surface area (Å²) < 4.78 is 1.98. The Morgan fingerprint density at radius 2 is 2.36 bits per heavy atom. The minimum absolute atomic E-state index is 0.166. The van der Waals surface area contributed by atoms with E-state index >= 15 is 0 Å². The second kappa shape index (κ2) is 8.00. The number of piperidine rings is 1. The van der Waals surface area contributed by atoms with Crippen molar-refractivity contribution in [1.29, 1.82) is 0 Å². The van der Waals surface area contributed by atoms with Crippen LogP contribution in [0.2, 0.25) is 0 Å². The van der Waals surface area contributed by atoms with E-state index in [2.05, 4.69) is 45.5 Å². The molecule has 1 fully saturated rings. The molecule has 1 unspecified atom stereocenters. The van der Waals surface area contributed by atoms with Gasteiger partial charge in [-0.3, -0.25) is 14.4 Å². The summed E-state index contributed by atoms with van der Waals surface area (Å²) >= 11 is 1.52. The number of thiazole rings is 1. The summed E-state index contributed by atoms with van der Waals surface area (Å²) in [5.74, 6) is -0.166. The van der Waals surface area contributed by atoms with Crippen LogP contribution in [0.4, 0.5) is 0 Å². The fourth-order valence-corrected chi connectivity index (χ4v) is 4.34. The molecule has 0 bridgehead atoms. The lowest BCUT2D eigenvalue weighted by molar-refractivity contribution is -0.115. The zero-order valence-corrected chi connectivity index (χ0v) is 17.1. The Morgan fingerprint density at radius 3 is 3.11 bits per heavy atom. The van der Waals surface area contributed by atoms with Gasteiger partial charge < -0.3 is 10.2 Å². The molecular weight excluding hydrogens is 376 g/mol. The van der Waals surface area contributed by atoms with Gasteiger partial charge in [-0.15, -0.1) is 11.3 Å². The summed E-state index contributed by atoms with van der Waals surface area (Å²) in [6.45, 7) is 7.29. The molecular formula is C19H26N6O2S. The number of nitrogens with one attached hydrogen (secondary N) is 1. The topological polar surface area (TPSA) is 84.6 Å². The van der Waals surface area contributed by atoms with Crippen LogP contribution in [0.5, 0.6) is 0 Å². The molecule has 8 nitrogen and oxygen atoms in total. The third kappa shape index (κ3) is 4.25. The van der Waals surface area contributed by atoms with Crippen molar-refractivity contribution in [2.75, 3.05) is 13.1 Å². The number of rotatable bonds is 6. The number of carbonyl (C=O) groups excluding carboxylic acids is 1. The number of oxime groups is 1. The molecule has 1 amide bonds. The first kappa shape index (κ1) is 19.1. The van der Waals surface area contributed by atoms with Crippen molar-refractivity contribution in [3.8, 4) is 0 Å². The van der Waals surface area contributed by atoms with Gasteiger partial charge in [0, 0.05) is 42.7 Å². The van der Waals surface area contributed by atoms with Crippen molar-refractivity contribution in [1.82, 2.24) is 25.0 Å². The van der Waals surface area contributed by atoms with Gasteiger partial charge in [0.1, 0.15) is 5.71 Å². The number of aromatic nitrogens is 3. The summed E-state index contributed by atoms with van der Waals surface area (Å²) in [4.78, 5) is 24.8. The molecule has 4 rings (SSSR count). The van der Waals surface area contributed by atoms with Crippen molar-refractivity contribution in [2.45, 2.75) is 57.8 Å². The van der Waals surface area contributed by atoms with E-state index in [1.165, 1.54) is 16.9 Å². The minimum atomic E-state index is -0.389. The lowest BCUT2D eigenvalue weighted by Crippen LogP contribution is -2.48. The molecule has 1 saturated heterocycles. The van der Waals surface area contributed by atoms with E-state index in [0.717, 1.165) is 38.2 Å². The molecule has 0 aliphatic carbocycles. The van der Waals surface area contributed by atoms with Crippen molar-refractivity contribution in [3.63, 3.8) is 0 Å². The van der Waals surface area contributed by atoms with Crippen molar-refractivity contribution >= 4 is 23.0 Å². The third-order valence-corrected chi connectivity index (χ3v) is 5.86. The van der Waals surface area contributed by atoms with Crippen LogP contribution in [-0.4, -0.2) is 50.0 Å². The van der Waals surface area contributed by atoms with Crippen molar-refractivity contribution in [3.05, 3.63) is 34.5 Å². The Hall–Kier alpha value is -2.26. The Morgan fingerprint density at radius 1 is 1.46 bits per heavy atom. The number of hydrogen-bond acceptors (Lipinski definition) is 7. The average molecular weight is 403 g/mol. The highest BCUT2D eigenvalue weighted by molar-refractivity contribution is 7.07. The van der Waals surface area contributed by atoms with Crippen LogP contribution in [0.3, 0.4) is 0 Å². The Bertz CT molecular complexity index is 846. The Balaban J connectivity index is 1.32. The van der Waals surface area contributed by atoms with Gasteiger partial charge in [-0.1, -0.05) is 5.16 Å². The number of likely N-dealkylation sites (tertiary alicyclic amines) is 1. The fourth-order valence-electron chi connectivity index (χ4n) is 3.78. The van der Waals surface area contributed by atoms with Crippen LogP contribution in [-0.2, 0) is 22.7 Å². The van der Waals surface area contributed by atoms with Gasteiger partial charge >= 0.3 is 0 Å². The quantitative estimate of drug-likeness (QED) is 0.802. The molecule has 2 aliphatic heterocycles. The molecule has 1 N–H and O–H groups in total. The molecule has 150 valence electrons. The van der Waals surface area contributed by atoms with Crippen LogP contribution in [0.15, 0.2) is 28.4 Å². The third-order valence-electron chi connectivity index (χ3n) is 5.22. The summed E-state index contributed by atoms with van der Waals surface area (Å²) in [7, 11) is 0. The normalized spacial score (nSPS) is 22.5. The lowest BCUT2D eigenvalue weighted by Gasteiger charge is -2.38. The maximum Gasteiger partial charge on any atom is 0.269 e. The van der Waals surface area contributed by atoms with Gasteiger partial charge in [-0.05, 0) is 33.2 Å². The highest BCUT2D eigenvalue weighted by Gasteiger charge is 2.44. The Kier molecular flexibility index (Phi) is 5.45. The number of amides is 1. The van der Waals surface area contributed by atoms with Gasteiger partial charge in [-0.2, -0.15) is 5.10 Å². The first-order valence-electron chi connectivity index (χ1n) is 9.69. The Labute approximate surface area is 168 Å². The second-order valence-corrected chi connectivity index (χ2v) is 8.61. The SMILES string of the molecule is CC(C)n1cc(CN2CCCC3(CC(C(=O)NCc4cscn4)=NO3)C2)cn1. The molecule has 9 heteroatoms. The van der Waals surface area contributed by atoms with Gasteiger partial charge in [0.15, 0.2) is 5.60 Å². The van der Waals surface area contributed by atoms with E-state index in [9.17, 15) is 4.79 Å². The molecule has 2 aliphatic rings. The van der Waals surface area contributed by atoms with Crippen LogP contribution < -0.4 is 5.32 Å². The molecule has 0 radical (unpaired) electrons. The van der Waals surface area contributed by atoms with E-state index in [1.54, 1.807) is 5.51 Å². The van der Waals surface area contributed by atoms with Gasteiger partial charge in [0.05, 0.1) is 23.9 Å². The van der Waals surface area contributed by atoms with Gasteiger partial charge in [0.25, 0.3) is 5.91 Å². The molecule has 1 spiro atoms. The highest BCUT2D eigenvalue weighted by atomic mass is 32.1. The first-order valence-corrected chi connectivity index (χ1v) is 10.6. The summed E-state index contributed by atoms with van der Waals surface area (Å²) in [6, 6.07) is 0.360. The largest absolute Gasteiger partial charge is 0.387 e. The zero-order valence-electron chi connectivity index (χ0n) is 16.3. The number of nitrogens with zero attached hydrogens (tertiary/aromatic N) is 5. The molecule has 2 aromatic heterocycles. The van der Waals surface area contributed by atoms with Gasteiger partial charge in [0.2, 0.25) is 0 Å². The summed E-state index contributed by atoms with van der Waals surface area (Å²) in [6.07, 6.45) is 6.54. The van der Waals surface area contributed by atoms with Crippen LogP contribution in [0.1, 0.15) is 50.4 Å². The molecule has 0 aromatic carbocycles. The zero-order chi connectivity index (χ0) is 19.6. The molecule has 2 aromatic rings. The van der Waals surface area contributed by atoms with E-state index < -0.39 is 0 Å². The average Bonchev–Trinajstić information content (AvgIpc) is 3.41. The maximum absolute atomic E-state index is 12.4. The predicted molar refractivity (Wildman–Crippen MR) is 107 cm³/mol. The minimum Gasteiger partial charge on any atom is -0.387 e.